The molecule has 7 rings (SSSR count). The van der Waals surface area contributed by atoms with Crippen molar-refractivity contribution >= 4 is 11.0 Å². The number of halogens is 1. The fourth-order valence-corrected chi connectivity index (χ4v) is 5.36. The lowest BCUT2D eigenvalue weighted by Crippen LogP contribution is -2.61. The topological polar surface area (TPSA) is 99.9 Å². The highest BCUT2D eigenvalue weighted by Crippen LogP contribution is 2.46. The van der Waals surface area contributed by atoms with Gasteiger partial charge >= 0.3 is 0 Å². The van der Waals surface area contributed by atoms with Crippen molar-refractivity contribution in [1.82, 2.24) is 34.8 Å². The van der Waals surface area contributed by atoms with Gasteiger partial charge in [-0.05, 0) is 50.7 Å². The highest BCUT2D eigenvalue weighted by Gasteiger charge is 2.49. The molecule has 2 bridgehead atoms. The number of hydrogen-bond acceptors (Lipinski definition) is 8. The number of imidazole rings is 1. The number of hydrogen-bond donors (Lipinski definition) is 1. The molecule has 0 unspecified atom stereocenters. The van der Waals surface area contributed by atoms with Gasteiger partial charge in [0, 0.05) is 42.3 Å². The average molecular weight is 490 g/mol. The number of aryl methyl sites for hydroxylation is 1. The van der Waals surface area contributed by atoms with Gasteiger partial charge in [0.1, 0.15) is 12.1 Å². The Labute approximate surface area is 208 Å². The van der Waals surface area contributed by atoms with Gasteiger partial charge in [0.15, 0.2) is 0 Å². The van der Waals surface area contributed by atoms with Gasteiger partial charge in [0.2, 0.25) is 11.8 Å². The maximum Gasteiger partial charge on any atom is 0.234 e. The molecule has 0 radical (unpaired) electrons. The van der Waals surface area contributed by atoms with Crippen LogP contribution in [0.5, 0.6) is 5.88 Å². The highest BCUT2D eigenvalue weighted by atomic mass is 19.1. The van der Waals surface area contributed by atoms with E-state index in [-0.39, 0.29) is 17.0 Å². The second-order valence-corrected chi connectivity index (χ2v) is 9.73. The quantitative estimate of drug-likeness (QED) is 0.401. The summed E-state index contributed by atoms with van der Waals surface area (Å²) in [6, 6.07) is 5.35. The van der Waals surface area contributed by atoms with Crippen molar-refractivity contribution in [3.05, 3.63) is 66.4 Å². The lowest BCUT2D eigenvalue weighted by Gasteiger charge is -2.53. The summed E-state index contributed by atoms with van der Waals surface area (Å²) in [6.07, 6.45) is 13.6. The third kappa shape index (κ3) is 4.31. The molecule has 0 spiro atoms. The van der Waals surface area contributed by atoms with E-state index in [1.54, 1.807) is 38.0 Å². The van der Waals surface area contributed by atoms with Crippen molar-refractivity contribution in [2.24, 2.45) is 0 Å². The normalized spacial score (nSPS) is 23.3. The Kier molecular flexibility index (Phi) is 5.85. The molecule has 4 aromatic heterocycles. The van der Waals surface area contributed by atoms with Crippen LogP contribution in [0.1, 0.15) is 43.4 Å². The molecule has 2 aliphatic heterocycles. The van der Waals surface area contributed by atoms with Gasteiger partial charge in [-0.3, -0.25) is 9.55 Å². The number of nitrogens with one attached hydrogen (secondary N) is 1. The number of fused-ring (bicyclic) bond motifs is 4. The largest absolute Gasteiger partial charge is 0.481 e. The summed E-state index contributed by atoms with van der Waals surface area (Å²) in [5.74, 6) is 0.727. The lowest BCUT2D eigenvalue weighted by molar-refractivity contribution is -0.165. The van der Waals surface area contributed by atoms with E-state index in [0.717, 1.165) is 37.8 Å². The molecule has 6 heterocycles. The molecule has 1 aliphatic carbocycles. The zero-order chi connectivity index (χ0) is 24.6. The van der Waals surface area contributed by atoms with Gasteiger partial charge in [0.25, 0.3) is 0 Å². The molecule has 0 atom stereocenters. The Morgan fingerprint density at radius 2 is 1.94 bits per heavy atom. The molecule has 2 saturated heterocycles. The average Bonchev–Trinajstić information content (AvgIpc) is 3.42. The molecule has 4 aromatic rings. The summed E-state index contributed by atoms with van der Waals surface area (Å²) in [6.45, 7) is 1.29. The van der Waals surface area contributed by atoms with Gasteiger partial charge in [-0.2, -0.15) is 0 Å². The molecule has 10 heteroatoms. The first-order chi connectivity index (χ1) is 17.6. The van der Waals surface area contributed by atoms with Crippen molar-refractivity contribution in [2.75, 3.05) is 13.7 Å². The van der Waals surface area contributed by atoms with Crippen LogP contribution < -0.4 is 10.1 Å². The molecule has 3 aliphatic rings. The second kappa shape index (κ2) is 9.18. The zero-order valence-electron chi connectivity index (χ0n) is 20.2. The van der Waals surface area contributed by atoms with E-state index in [1.165, 1.54) is 6.20 Å². The predicted octanol–water partition coefficient (Wildman–Crippen LogP) is 3.56. The van der Waals surface area contributed by atoms with Crippen molar-refractivity contribution in [2.45, 2.75) is 56.2 Å². The van der Waals surface area contributed by atoms with Crippen molar-refractivity contribution < 1.29 is 13.9 Å². The van der Waals surface area contributed by atoms with Gasteiger partial charge in [0.05, 0.1) is 42.2 Å². The minimum absolute atomic E-state index is 0.0572. The van der Waals surface area contributed by atoms with E-state index < -0.39 is 0 Å². The number of ether oxygens (including phenoxy) is 2. The molecule has 0 amide bonds. The van der Waals surface area contributed by atoms with E-state index in [0.29, 0.717) is 48.0 Å². The van der Waals surface area contributed by atoms with Gasteiger partial charge in [-0.25, -0.2) is 24.3 Å². The summed E-state index contributed by atoms with van der Waals surface area (Å²) >= 11 is 0. The third-order valence-corrected chi connectivity index (χ3v) is 7.62. The Balaban J connectivity index is 1.09. The lowest BCUT2D eigenvalue weighted by atomic mass is 9.69. The minimum atomic E-state index is -0.331. The number of nitrogens with zero attached hydrogens (tertiary/aromatic N) is 6. The van der Waals surface area contributed by atoms with E-state index in [2.05, 4.69) is 30.2 Å². The van der Waals surface area contributed by atoms with Gasteiger partial charge in [-0.1, -0.05) is 0 Å². The van der Waals surface area contributed by atoms with Gasteiger partial charge in [-0.15, -0.1) is 0 Å². The van der Waals surface area contributed by atoms with Crippen LogP contribution in [0.2, 0.25) is 0 Å². The molecule has 3 fully saturated rings. The Morgan fingerprint density at radius 1 is 1.11 bits per heavy atom. The standard InChI is InChI=1S/C26H28FN7O2/c1-35-22-4-3-21-23(33-22)19(20(27)14-30-21)5-6-26-9-7-25(8-10-26,16-36-26)32-13-18-15-34(17-31-18)24-28-11-2-12-29-24/h2-4,11-12,14-15,17,32H,5-10,13,16H2,1H3. The van der Waals surface area contributed by atoms with Crippen molar-refractivity contribution in [3.63, 3.8) is 0 Å². The Morgan fingerprint density at radius 3 is 2.69 bits per heavy atom. The van der Waals surface area contributed by atoms with Crippen LogP contribution in [-0.2, 0) is 17.7 Å². The fraction of sp³-hybridized carbons (Fsp3) is 0.423. The van der Waals surface area contributed by atoms with Crippen molar-refractivity contribution in [1.29, 1.82) is 0 Å². The summed E-state index contributed by atoms with van der Waals surface area (Å²) in [5.41, 5.74) is 2.46. The third-order valence-electron chi connectivity index (χ3n) is 7.62. The van der Waals surface area contributed by atoms with E-state index in [9.17, 15) is 4.39 Å². The van der Waals surface area contributed by atoms with E-state index in [4.69, 9.17) is 9.47 Å². The van der Waals surface area contributed by atoms with Crippen LogP contribution in [0.15, 0.2) is 49.3 Å². The summed E-state index contributed by atoms with van der Waals surface area (Å²) in [4.78, 5) is 21.7. The molecule has 1 saturated carbocycles. The Hall–Kier alpha value is -3.50. The predicted molar refractivity (Wildman–Crippen MR) is 130 cm³/mol. The van der Waals surface area contributed by atoms with Crippen molar-refractivity contribution in [3.8, 4) is 11.8 Å². The summed E-state index contributed by atoms with van der Waals surface area (Å²) in [5, 5.41) is 3.71. The number of pyridine rings is 2. The Bertz CT molecular complexity index is 1350. The first-order valence-corrected chi connectivity index (χ1v) is 12.2. The SMILES string of the molecule is COc1ccc2ncc(F)c(CCC34CCC(NCc5cn(-c6ncccn6)cn5)(CC3)CO4)c2n1. The molecule has 1 N–H and O–H groups in total. The smallest absolute Gasteiger partial charge is 0.234 e. The maximum absolute atomic E-state index is 14.8. The zero-order valence-corrected chi connectivity index (χ0v) is 20.2. The van der Waals surface area contributed by atoms with Crippen LogP contribution in [0.25, 0.3) is 17.0 Å². The molecule has 186 valence electrons. The van der Waals surface area contributed by atoms with Crippen LogP contribution in [0.4, 0.5) is 4.39 Å². The van der Waals surface area contributed by atoms with Crippen LogP contribution >= 0.6 is 0 Å². The molecule has 9 nitrogen and oxygen atoms in total. The first-order valence-electron chi connectivity index (χ1n) is 12.2. The maximum atomic E-state index is 14.8. The monoisotopic (exact) mass is 489 g/mol. The number of aromatic nitrogens is 6. The van der Waals surface area contributed by atoms with Crippen LogP contribution in [0, 0.1) is 5.82 Å². The second-order valence-electron chi connectivity index (χ2n) is 9.73. The van der Waals surface area contributed by atoms with Crippen LogP contribution in [0.3, 0.4) is 0 Å². The molecular formula is C26H28FN7O2. The van der Waals surface area contributed by atoms with E-state index in [1.807, 2.05) is 16.8 Å². The highest BCUT2D eigenvalue weighted by molar-refractivity contribution is 5.78. The van der Waals surface area contributed by atoms with E-state index >= 15 is 0 Å². The fourth-order valence-electron chi connectivity index (χ4n) is 5.36. The first kappa shape index (κ1) is 22.9. The van der Waals surface area contributed by atoms with Gasteiger partial charge < -0.3 is 14.8 Å². The molecule has 0 aromatic carbocycles. The van der Waals surface area contributed by atoms with Crippen LogP contribution in [-0.4, -0.2) is 54.3 Å². The summed E-state index contributed by atoms with van der Waals surface area (Å²) in [7, 11) is 1.56. The molecular weight excluding hydrogens is 461 g/mol. The molecule has 36 heavy (non-hydrogen) atoms. The number of rotatable bonds is 8. The number of methoxy groups -OCH3 is 1. The minimum Gasteiger partial charge on any atom is -0.481 e. The summed E-state index contributed by atoms with van der Waals surface area (Å²) < 4.78 is 28.3.